The summed E-state index contributed by atoms with van der Waals surface area (Å²) in [5.74, 6) is 0.0588. The average molecular weight is 589 g/mol. The molecule has 0 aromatic heterocycles. The summed E-state index contributed by atoms with van der Waals surface area (Å²) < 4.78 is 36.4. The van der Waals surface area contributed by atoms with E-state index in [1.165, 1.54) is 43.3 Å². The van der Waals surface area contributed by atoms with Crippen LogP contribution in [0.3, 0.4) is 0 Å². The van der Waals surface area contributed by atoms with Gasteiger partial charge in [-0.25, -0.2) is 0 Å². The molecule has 1 aliphatic rings. The maximum atomic E-state index is 12.9. The summed E-state index contributed by atoms with van der Waals surface area (Å²) in [4.78, 5) is 37.9. The molecule has 41 heavy (non-hydrogen) atoms. The third kappa shape index (κ3) is 6.59. The highest BCUT2D eigenvalue weighted by atomic mass is 32.2. The van der Waals surface area contributed by atoms with Crippen LogP contribution < -0.4 is 14.2 Å². The molecule has 0 unspecified atom stereocenters. The number of ether oxygens (including phenoxy) is 1. The van der Waals surface area contributed by atoms with Gasteiger partial charge < -0.3 is 14.2 Å². The number of anilines is 1. The van der Waals surface area contributed by atoms with Crippen molar-refractivity contribution >= 4 is 61.5 Å². The molecular formula is C30H24N2O7S2. The predicted molar refractivity (Wildman–Crippen MR) is 157 cm³/mol. The van der Waals surface area contributed by atoms with E-state index in [9.17, 15) is 22.8 Å². The average Bonchev–Trinajstić information content (AvgIpc) is 3.21. The summed E-state index contributed by atoms with van der Waals surface area (Å²) in [5, 5.41) is 4.15. The van der Waals surface area contributed by atoms with Gasteiger partial charge in [0.1, 0.15) is 23.0 Å². The number of imide groups is 1. The second-order valence-corrected chi connectivity index (χ2v) is 11.5. The van der Waals surface area contributed by atoms with Crippen molar-refractivity contribution in [2.45, 2.75) is 11.8 Å². The zero-order valence-corrected chi connectivity index (χ0v) is 23.4. The van der Waals surface area contributed by atoms with Crippen LogP contribution in [0.2, 0.25) is 0 Å². The van der Waals surface area contributed by atoms with Gasteiger partial charge in [-0.1, -0.05) is 48.5 Å². The Balaban J connectivity index is 1.20. The number of amides is 3. The summed E-state index contributed by atoms with van der Waals surface area (Å²) in [7, 11) is -4.11. The third-order valence-electron chi connectivity index (χ3n) is 6.04. The largest absolute Gasteiger partial charge is 0.491 e. The Kier molecular flexibility index (Phi) is 8.09. The molecule has 1 heterocycles. The number of thioether (sulfide) groups is 1. The van der Waals surface area contributed by atoms with Crippen molar-refractivity contribution in [3.8, 4) is 11.5 Å². The number of nitrogens with zero attached hydrogens (tertiary/aromatic N) is 1. The number of carbonyl (C=O) groups excluding carboxylic acids is 3. The summed E-state index contributed by atoms with van der Waals surface area (Å²) in [6.45, 7) is 1.60. The van der Waals surface area contributed by atoms with Gasteiger partial charge in [0.25, 0.3) is 11.1 Å². The fourth-order valence-electron chi connectivity index (χ4n) is 4.12. The highest BCUT2D eigenvalue weighted by Gasteiger charge is 2.34. The fourth-order valence-corrected chi connectivity index (χ4v) is 5.91. The second kappa shape index (κ2) is 11.9. The van der Waals surface area contributed by atoms with Crippen LogP contribution in [0.15, 0.2) is 101 Å². The van der Waals surface area contributed by atoms with Gasteiger partial charge in [-0.05, 0) is 71.3 Å². The second-order valence-electron chi connectivity index (χ2n) is 8.97. The third-order valence-corrected chi connectivity index (χ3v) is 8.21. The van der Waals surface area contributed by atoms with Crippen molar-refractivity contribution in [3.05, 3.63) is 101 Å². The van der Waals surface area contributed by atoms with E-state index in [1.54, 1.807) is 18.2 Å². The van der Waals surface area contributed by atoms with Gasteiger partial charge in [0.15, 0.2) is 0 Å². The summed E-state index contributed by atoms with van der Waals surface area (Å²) in [5.41, 5.74) is 1.05. The van der Waals surface area contributed by atoms with Gasteiger partial charge >= 0.3 is 10.1 Å². The molecule has 1 N–H and O–H groups in total. The Morgan fingerprint density at radius 3 is 2.37 bits per heavy atom. The molecule has 0 aliphatic carbocycles. The minimum absolute atomic E-state index is 0.0752. The topological polar surface area (TPSA) is 119 Å². The van der Waals surface area contributed by atoms with Crippen molar-refractivity contribution in [2.24, 2.45) is 0 Å². The molecule has 0 radical (unpaired) electrons. The first-order valence-corrected chi connectivity index (χ1v) is 14.7. The van der Waals surface area contributed by atoms with Crippen LogP contribution in [-0.4, -0.2) is 43.5 Å². The van der Waals surface area contributed by atoms with Crippen LogP contribution in [-0.2, 0) is 19.7 Å². The molecule has 3 amide bonds. The molecule has 0 spiro atoms. The SMILES string of the molecule is CC(=O)Nc1ccc(S(=O)(=O)Oc2ccc(/C=C3\SC(=O)N(CCOc4cccc5ccccc45)C3=O)cc2)cc1. The zero-order chi connectivity index (χ0) is 29.0. The van der Waals surface area contributed by atoms with Gasteiger partial charge in [-0.15, -0.1) is 0 Å². The monoisotopic (exact) mass is 588 g/mol. The van der Waals surface area contributed by atoms with Crippen LogP contribution in [0, 0.1) is 0 Å². The van der Waals surface area contributed by atoms with Crippen LogP contribution in [0.1, 0.15) is 12.5 Å². The number of benzene rings is 4. The van der Waals surface area contributed by atoms with E-state index < -0.39 is 21.3 Å². The van der Waals surface area contributed by atoms with E-state index in [2.05, 4.69) is 5.32 Å². The number of carbonyl (C=O) groups is 3. The number of fused-ring (bicyclic) bond motifs is 1. The maximum Gasteiger partial charge on any atom is 0.339 e. The Hall–Kier alpha value is -4.61. The summed E-state index contributed by atoms with van der Waals surface area (Å²) in [6.07, 6.45) is 1.56. The molecule has 1 saturated heterocycles. The molecule has 4 aromatic carbocycles. The van der Waals surface area contributed by atoms with Crippen molar-refractivity contribution < 1.29 is 31.7 Å². The lowest BCUT2D eigenvalue weighted by Gasteiger charge is -2.14. The Morgan fingerprint density at radius 1 is 0.927 bits per heavy atom. The molecule has 0 atom stereocenters. The Bertz CT molecular complexity index is 1760. The minimum atomic E-state index is -4.11. The first-order valence-electron chi connectivity index (χ1n) is 12.5. The van der Waals surface area contributed by atoms with E-state index >= 15 is 0 Å². The smallest absolute Gasteiger partial charge is 0.339 e. The first kappa shape index (κ1) is 27.9. The lowest BCUT2D eigenvalue weighted by Crippen LogP contribution is -2.32. The molecule has 208 valence electrons. The van der Waals surface area contributed by atoms with E-state index in [1.807, 2.05) is 42.5 Å². The van der Waals surface area contributed by atoms with E-state index in [4.69, 9.17) is 8.92 Å². The van der Waals surface area contributed by atoms with Gasteiger partial charge in [0.05, 0.1) is 11.4 Å². The van der Waals surface area contributed by atoms with Crippen molar-refractivity contribution in [3.63, 3.8) is 0 Å². The zero-order valence-electron chi connectivity index (χ0n) is 21.8. The standard InChI is InChI=1S/C30H24N2O7S2/c1-20(33)31-23-11-15-25(16-12-23)41(36,37)39-24-13-9-21(10-14-24)19-28-29(34)32(30(35)40-28)17-18-38-27-8-4-6-22-5-2-3-7-26(22)27/h2-16,19H,17-18H2,1H3,(H,31,33)/b28-19-. The lowest BCUT2D eigenvalue weighted by molar-refractivity contribution is -0.123. The maximum absolute atomic E-state index is 12.9. The number of nitrogens with one attached hydrogen (secondary N) is 1. The molecule has 9 nitrogen and oxygen atoms in total. The number of rotatable bonds is 9. The van der Waals surface area contributed by atoms with E-state index in [0.717, 1.165) is 27.4 Å². The minimum Gasteiger partial charge on any atom is -0.491 e. The van der Waals surface area contributed by atoms with Gasteiger partial charge in [0.2, 0.25) is 5.91 Å². The molecule has 11 heteroatoms. The van der Waals surface area contributed by atoms with Crippen molar-refractivity contribution in [2.75, 3.05) is 18.5 Å². The van der Waals surface area contributed by atoms with Crippen LogP contribution in [0.25, 0.3) is 16.8 Å². The highest BCUT2D eigenvalue weighted by molar-refractivity contribution is 8.18. The quantitative estimate of drug-likeness (QED) is 0.196. The molecule has 0 bridgehead atoms. The first-order chi connectivity index (χ1) is 19.7. The predicted octanol–water partition coefficient (Wildman–Crippen LogP) is 5.68. The van der Waals surface area contributed by atoms with Gasteiger partial charge in [-0.2, -0.15) is 8.42 Å². The van der Waals surface area contributed by atoms with E-state index in [0.29, 0.717) is 17.0 Å². The summed E-state index contributed by atoms with van der Waals surface area (Å²) >= 11 is 0.831. The van der Waals surface area contributed by atoms with Gasteiger partial charge in [0, 0.05) is 18.0 Å². The Labute approximate surface area is 240 Å². The number of hydrogen-bond acceptors (Lipinski definition) is 8. The van der Waals surface area contributed by atoms with Crippen molar-refractivity contribution in [1.29, 1.82) is 0 Å². The summed E-state index contributed by atoms with van der Waals surface area (Å²) in [6, 6.07) is 25.2. The molecule has 1 fully saturated rings. The van der Waals surface area contributed by atoms with Gasteiger partial charge in [-0.3, -0.25) is 19.3 Å². The van der Waals surface area contributed by atoms with Crippen LogP contribution in [0.4, 0.5) is 10.5 Å². The van der Waals surface area contributed by atoms with Crippen LogP contribution in [0.5, 0.6) is 11.5 Å². The Morgan fingerprint density at radius 2 is 1.63 bits per heavy atom. The van der Waals surface area contributed by atoms with Crippen LogP contribution >= 0.6 is 11.8 Å². The fraction of sp³-hybridized carbons (Fsp3) is 0.100. The molecule has 0 saturated carbocycles. The molecule has 4 aromatic rings. The lowest BCUT2D eigenvalue weighted by atomic mass is 10.1. The molecular weight excluding hydrogens is 564 g/mol. The highest BCUT2D eigenvalue weighted by Crippen LogP contribution is 2.33. The molecule has 5 rings (SSSR count). The normalized spacial score (nSPS) is 14.5. The van der Waals surface area contributed by atoms with E-state index in [-0.39, 0.29) is 34.6 Å². The number of hydrogen-bond donors (Lipinski definition) is 1. The molecule has 1 aliphatic heterocycles. The van der Waals surface area contributed by atoms with Crippen molar-refractivity contribution in [1.82, 2.24) is 4.90 Å².